The molecule has 1 aromatic heterocycles. The van der Waals surface area contributed by atoms with Gasteiger partial charge in [-0.15, -0.1) is 0 Å². The largest absolute Gasteiger partial charge is 0.394 e. The van der Waals surface area contributed by atoms with Gasteiger partial charge in [-0.25, -0.2) is 4.98 Å². The lowest BCUT2D eigenvalue weighted by Crippen LogP contribution is -2.37. The van der Waals surface area contributed by atoms with Crippen LogP contribution in [-0.4, -0.2) is 27.2 Å². The molecule has 1 aliphatic carbocycles. The topological polar surface area (TPSA) is 67.2 Å². The number of aliphatic hydroxyl groups excluding tert-OH is 1. The third-order valence-electron chi connectivity index (χ3n) is 8.72. The van der Waals surface area contributed by atoms with Gasteiger partial charge in [0, 0.05) is 12.1 Å². The average Bonchev–Trinajstić information content (AvgIpc) is 3.19. The number of carbonyl (C=O) groups excluding carboxylic acids is 1. The Balaban J connectivity index is 1.29. The minimum atomic E-state index is -0.419. The SMILES string of the molecule is O=C(N[C@@H](CO)c1ccccc1)[C@H](c1ccc(Cn2c(-c3ccccc3)nc3ccccc32)cc1)C1CCCCCC1. The molecule has 5 heteroatoms. The molecule has 214 valence electrons. The van der Waals surface area contributed by atoms with Gasteiger partial charge in [-0.2, -0.15) is 0 Å². The Kier molecular flexibility index (Phi) is 8.76. The number of fused-ring (bicyclic) bond motifs is 1. The molecule has 0 aliphatic heterocycles. The molecule has 5 aromatic rings. The molecule has 0 bridgehead atoms. The molecule has 1 saturated carbocycles. The lowest BCUT2D eigenvalue weighted by atomic mass is 9.80. The molecule has 0 spiro atoms. The highest BCUT2D eigenvalue weighted by Crippen LogP contribution is 2.36. The van der Waals surface area contributed by atoms with E-state index in [0.717, 1.165) is 64.8 Å². The van der Waals surface area contributed by atoms with Gasteiger partial charge < -0.3 is 15.0 Å². The van der Waals surface area contributed by atoms with Gasteiger partial charge in [-0.3, -0.25) is 4.79 Å². The van der Waals surface area contributed by atoms with Crippen molar-refractivity contribution < 1.29 is 9.90 Å². The molecule has 1 fully saturated rings. The van der Waals surface area contributed by atoms with E-state index < -0.39 is 6.04 Å². The summed E-state index contributed by atoms with van der Waals surface area (Å²) in [5.74, 6) is 0.997. The number of benzene rings is 4. The van der Waals surface area contributed by atoms with E-state index in [-0.39, 0.29) is 24.3 Å². The number of amides is 1. The molecule has 1 amide bonds. The first kappa shape index (κ1) is 27.9. The summed E-state index contributed by atoms with van der Waals surface area (Å²) in [7, 11) is 0. The van der Waals surface area contributed by atoms with Gasteiger partial charge in [0.05, 0.1) is 29.6 Å². The van der Waals surface area contributed by atoms with Gasteiger partial charge in [0.1, 0.15) is 5.82 Å². The van der Waals surface area contributed by atoms with Crippen molar-refractivity contribution in [3.05, 3.63) is 126 Å². The van der Waals surface area contributed by atoms with Crippen LogP contribution in [0.15, 0.2) is 109 Å². The number of rotatable bonds is 9. The van der Waals surface area contributed by atoms with E-state index in [1.165, 1.54) is 12.8 Å². The predicted octanol–water partition coefficient (Wildman–Crippen LogP) is 7.66. The van der Waals surface area contributed by atoms with Crippen LogP contribution in [0.25, 0.3) is 22.4 Å². The zero-order valence-electron chi connectivity index (χ0n) is 24.0. The summed E-state index contributed by atoms with van der Waals surface area (Å²) in [6.45, 7) is 0.556. The quantitative estimate of drug-likeness (QED) is 0.183. The van der Waals surface area contributed by atoms with Gasteiger partial charge in [0.2, 0.25) is 5.91 Å². The molecule has 2 atom stereocenters. The van der Waals surface area contributed by atoms with Gasteiger partial charge in [-0.05, 0) is 47.6 Å². The van der Waals surface area contributed by atoms with Crippen LogP contribution >= 0.6 is 0 Å². The summed E-state index contributed by atoms with van der Waals surface area (Å²) >= 11 is 0. The minimum absolute atomic E-state index is 0.00419. The molecular formula is C37H39N3O2. The second-order valence-corrected chi connectivity index (χ2v) is 11.5. The fourth-order valence-corrected chi connectivity index (χ4v) is 6.52. The maximum absolute atomic E-state index is 14.0. The van der Waals surface area contributed by atoms with Crippen LogP contribution in [0.5, 0.6) is 0 Å². The molecule has 0 unspecified atom stereocenters. The molecule has 5 nitrogen and oxygen atoms in total. The number of para-hydroxylation sites is 2. The molecule has 0 saturated heterocycles. The van der Waals surface area contributed by atoms with Crippen LogP contribution in [0, 0.1) is 5.92 Å². The maximum atomic E-state index is 14.0. The summed E-state index contributed by atoms with van der Waals surface area (Å²) in [5, 5.41) is 13.3. The summed E-state index contributed by atoms with van der Waals surface area (Å²) in [6, 6.07) is 36.5. The van der Waals surface area contributed by atoms with Gasteiger partial charge in [0.15, 0.2) is 0 Å². The highest BCUT2D eigenvalue weighted by Gasteiger charge is 2.31. The molecular weight excluding hydrogens is 518 g/mol. The Morgan fingerprint density at radius 3 is 2.12 bits per heavy atom. The highest BCUT2D eigenvalue weighted by atomic mass is 16.3. The number of nitrogens with zero attached hydrogens (tertiary/aromatic N) is 2. The Morgan fingerprint density at radius 1 is 0.786 bits per heavy atom. The monoisotopic (exact) mass is 557 g/mol. The van der Waals surface area contributed by atoms with E-state index in [0.29, 0.717) is 6.54 Å². The van der Waals surface area contributed by atoms with Crippen molar-refractivity contribution >= 4 is 16.9 Å². The van der Waals surface area contributed by atoms with E-state index in [2.05, 4.69) is 64.5 Å². The first-order valence-corrected chi connectivity index (χ1v) is 15.3. The van der Waals surface area contributed by atoms with Crippen molar-refractivity contribution in [1.29, 1.82) is 0 Å². The van der Waals surface area contributed by atoms with Gasteiger partial charge in [0.25, 0.3) is 0 Å². The van der Waals surface area contributed by atoms with Gasteiger partial charge >= 0.3 is 0 Å². The Labute approximate surface area is 248 Å². The number of aliphatic hydroxyl groups is 1. The first-order chi connectivity index (χ1) is 20.7. The number of imidazole rings is 1. The first-order valence-electron chi connectivity index (χ1n) is 15.3. The molecule has 0 radical (unpaired) electrons. The zero-order chi connectivity index (χ0) is 28.7. The molecule has 6 rings (SSSR count). The van der Waals surface area contributed by atoms with E-state index in [4.69, 9.17) is 4.98 Å². The smallest absolute Gasteiger partial charge is 0.228 e. The molecule has 4 aromatic carbocycles. The van der Waals surface area contributed by atoms with Crippen LogP contribution in [0.3, 0.4) is 0 Å². The predicted molar refractivity (Wildman–Crippen MR) is 169 cm³/mol. The summed E-state index contributed by atoms with van der Waals surface area (Å²) < 4.78 is 2.28. The molecule has 1 aliphatic rings. The minimum Gasteiger partial charge on any atom is -0.394 e. The highest BCUT2D eigenvalue weighted by molar-refractivity contribution is 5.84. The third kappa shape index (κ3) is 6.17. The van der Waals surface area contributed by atoms with E-state index in [1.807, 2.05) is 54.6 Å². The van der Waals surface area contributed by atoms with Crippen LogP contribution < -0.4 is 5.32 Å². The fourth-order valence-electron chi connectivity index (χ4n) is 6.52. The Hall–Kier alpha value is -4.22. The van der Waals surface area contributed by atoms with Gasteiger partial charge in [-0.1, -0.05) is 123 Å². The number of nitrogens with one attached hydrogen (secondary N) is 1. The second-order valence-electron chi connectivity index (χ2n) is 11.5. The lowest BCUT2D eigenvalue weighted by Gasteiger charge is -2.28. The van der Waals surface area contributed by atoms with E-state index >= 15 is 0 Å². The standard InChI is InChI=1S/C37H39N3O2/c41-26-33(28-13-7-3-8-14-28)39-37(42)35(29-15-5-1-2-6-16-29)30-23-21-27(22-24-30)25-40-34-20-12-11-19-32(34)38-36(40)31-17-9-4-10-18-31/h3-4,7-14,17-24,29,33,35,41H,1-2,5-6,15-16,25-26H2,(H,39,42)/t33-,35-/m0/s1. The van der Waals surface area contributed by atoms with Crippen LogP contribution in [0.2, 0.25) is 0 Å². The van der Waals surface area contributed by atoms with Crippen LogP contribution in [-0.2, 0) is 11.3 Å². The van der Waals surface area contributed by atoms with Crippen molar-refractivity contribution in [2.24, 2.45) is 5.92 Å². The lowest BCUT2D eigenvalue weighted by molar-refractivity contribution is -0.125. The summed E-state index contributed by atoms with van der Waals surface area (Å²) in [5.41, 5.74) is 6.31. The van der Waals surface area contributed by atoms with Crippen molar-refractivity contribution in [1.82, 2.24) is 14.9 Å². The van der Waals surface area contributed by atoms with Crippen LogP contribution in [0.4, 0.5) is 0 Å². The molecule has 1 heterocycles. The molecule has 42 heavy (non-hydrogen) atoms. The van der Waals surface area contributed by atoms with Crippen molar-refractivity contribution in [2.75, 3.05) is 6.61 Å². The number of carbonyl (C=O) groups is 1. The maximum Gasteiger partial charge on any atom is 0.228 e. The van der Waals surface area contributed by atoms with E-state index in [9.17, 15) is 9.90 Å². The number of hydrogen-bond acceptors (Lipinski definition) is 3. The van der Waals surface area contributed by atoms with Crippen molar-refractivity contribution in [2.45, 2.75) is 57.0 Å². The van der Waals surface area contributed by atoms with Crippen molar-refractivity contribution in [3.8, 4) is 11.4 Å². The Bertz CT molecular complexity index is 1590. The normalized spacial score (nSPS) is 15.6. The number of aromatic nitrogens is 2. The molecule has 2 N–H and O–H groups in total. The second kappa shape index (κ2) is 13.2. The van der Waals surface area contributed by atoms with Crippen LogP contribution in [0.1, 0.15) is 67.2 Å². The zero-order valence-corrected chi connectivity index (χ0v) is 24.0. The summed E-state index contributed by atoms with van der Waals surface area (Å²) in [6.07, 6.45) is 6.88. The Morgan fingerprint density at radius 2 is 1.43 bits per heavy atom. The fraction of sp³-hybridized carbons (Fsp3) is 0.297. The van der Waals surface area contributed by atoms with E-state index in [1.54, 1.807) is 0 Å². The number of hydrogen-bond donors (Lipinski definition) is 2. The average molecular weight is 558 g/mol. The third-order valence-corrected chi connectivity index (χ3v) is 8.72. The summed E-state index contributed by atoms with van der Waals surface area (Å²) in [4.78, 5) is 18.9. The van der Waals surface area contributed by atoms with Crippen molar-refractivity contribution in [3.63, 3.8) is 0 Å².